The van der Waals surface area contributed by atoms with Gasteiger partial charge in [0.25, 0.3) is 0 Å². The van der Waals surface area contributed by atoms with E-state index in [0.29, 0.717) is 0 Å². The van der Waals surface area contributed by atoms with Crippen molar-refractivity contribution in [1.82, 2.24) is 14.9 Å². The maximum Gasteiger partial charge on any atom is 0.141 e. The standard InChI is InChI=1S/C18H24N4OS/c1-2-14-15(3-1)24-18-16(14)17(19-12-20-18)22-7-5-21(6-8-22)10-13-4-9-23-11-13/h12-13H,1-11H2. The number of piperazine rings is 1. The molecule has 5 nitrogen and oxygen atoms in total. The van der Waals surface area contributed by atoms with Crippen LogP contribution in [0.5, 0.6) is 0 Å². The van der Waals surface area contributed by atoms with Crippen molar-refractivity contribution in [1.29, 1.82) is 0 Å². The summed E-state index contributed by atoms with van der Waals surface area (Å²) in [6.45, 7) is 7.51. The first-order chi connectivity index (χ1) is 11.9. The molecule has 1 aliphatic carbocycles. The summed E-state index contributed by atoms with van der Waals surface area (Å²) in [6.07, 6.45) is 6.71. The van der Waals surface area contributed by atoms with Crippen molar-refractivity contribution < 1.29 is 4.74 Å². The predicted octanol–water partition coefficient (Wildman–Crippen LogP) is 2.34. The number of nitrogens with zero attached hydrogens (tertiary/aromatic N) is 4. The van der Waals surface area contributed by atoms with Crippen LogP contribution in [-0.2, 0) is 17.6 Å². The molecule has 0 aromatic carbocycles. The van der Waals surface area contributed by atoms with Crippen molar-refractivity contribution >= 4 is 27.4 Å². The third-order valence-corrected chi connectivity index (χ3v) is 6.89. The van der Waals surface area contributed by atoms with Crippen LogP contribution in [0.15, 0.2) is 6.33 Å². The van der Waals surface area contributed by atoms with Crippen molar-refractivity contribution in [3.63, 3.8) is 0 Å². The number of aromatic nitrogens is 2. The molecule has 1 unspecified atom stereocenters. The van der Waals surface area contributed by atoms with Gasteiger partial charge in [0, 0.05) is 44.2 Å². The van der Waals surface area contributed by atoms with E-state index in [4.69, 9.17) is 9.72 Å². The number of anilines is 1. The second kappa shape index (κ2) is 6.24. The minimum atomic E-state index is 0.738. The molecule has 0 spiro atoms. The molecular formula is C18H24N4OS. The first kappa shape index (κ1) is 15.0. The molecule has 128 valence electrons. The Hall–Kier alpha value is -1.24. The number of rotatable bonds is 3. The lowest BCUT2D eigenvalue weighted by Crippen LogP contribution is -2.48. The molecule has 2 aromatic heterocycles. The van der Waals surface area contributed by atoms with Gasteiger partial charge >= 0.3 is 0 Å². The summed E-state index contributed by atoms with van der Waals surface area (Å²) in [5.74, 6) is 1.92. The summed E-state index contributed by atoms with van der Waals surface area (Å²) in [5, 5.41) is 1.35. The van der Waals surface area contributed by atoms with Gasteiger partial charge in [0.2, 0.25) is 0 Å². The molecule has 2 fully saturated rings. The van der Waals surface area contributed by atoms with E-state index >= 15 is 0 Å². The fourth-order valence-electron chi connectivity index (χ4n) is 4.39. The van der Waals surface area contributed by atoms with Crippen LogP contribution in [0.3, 0.4) is 0 Å². The molecule has 5 rings (SSSR count). The molecular weight excluding hydrogens is 320 g/mol. The normalized spacial score (nSPS) is 24.8. The molecule has 0 bridgehead atoms. The van der Waals surface area contributed by atoms with Gasteiger partial charge in [0.15, 0.2) is 0 Å². The molecule has 2 saturated heterocycles. The van der Waals surface area contributed by atoms with Crippen molar-refractivity contribution in [2.75, 3.05) is 50.8 Å². The third kappa shape index (κ3) is 2.61. The number of thiophene rings is 1. The average molecular weight is 344 g/mol. The summed E-state index contributed by atoms with van der Waals surface area (Å²) >= 11 is 1.88. The quantitative estimate of drug-likeness (QED) is 0.855. The second-order valence-corrected chi connectivity index (χ2v) is 8.34. The molecule has 0 amide bonds. The van der Waals surface area contributed by atoms with Crippen LogP contribution in [0.4, 0.5) is 5.82 Å². The van der Waals surface area contributed by atoms with E-state index in [2.05, 4.69) is 14.8 Å². The molecule has 1 atom stereocenters. The maximum absolute atomic E-state index is 5.52. The number of fused-ring (bicyclic) bond motifs is 3. The zero-order valence-electron chi connectivity index (χ0n) is 14.0. The topological polar surface area (TPSA) is 41.5 Å². The second-order valence-electron chi connectivity index (χ2n) is 7.25. The SMILES string of the molecule is c1nc(N2CCN(CC3CCOC3)CC2)c2c3c(sc2n1)CCC3. The number of ether oxygens (including phenoxy) is 1. The highest BCUT2D eigenvalue weighted by molar-refractivity contribution is 7.19. The first-order valence-corrected chi connectivity index (χ1v) is 10.0. The van der Waals surface area contributed by atoms with Crippen LogP contribution in [-0.4, -0.2) is 60.8 Å². The van der Waals surface area contributed by atoms with Gasteiger partial charge in [-0.2, -0.15) is 0 Å². The predicted molar refractivity (Wildman–Crippen MR) is 97.0 cm³/mol. The van der Waals surface area contributed by atoms with E-state index in [1.54, 1.807) is 11.2 Å². The Labute approximate surface area is 146 Å². The molecule has 6 heteroatoms. The molecule has 0 N–H and O–H groups in total. The Bertz CT molecular complexity index is 732. The van der Waals surface area contributed by atoms with Gasteiger partial charge in [-0.3, -0.25) is 4.90 Å². The van der Waals surface area contributed by atoms with E-state index in [9.17, 15) is 0 Å². The largest absolute Gasteiger partial charge is 0.381 e. The molecule has 0 saturated carbocycles. The Balaban J connectivity index is 1.34. The zero-order valence-corrected chi connectivity index (χ0v) is 14.9. The average Bonchev–Trinajstić information content (AvgIpc) is 3.32. The van der Waals surface area contributed by atoms with Crippen LogP contribution in [0, 0.1) is 5.92 Å². The van der Waals surface area contributed by atoms with E-state index in [-0.39, 0.29) is 0 Å². The number of hydrogen-bond acceptors (Lipinski definition) is 6. The van der Waals surface area contributed by atoms with Crippen molar-refractivity contribution in [2.45, 2.75) is 25.7 Å². The molecule has 0 radical (unpaired) electrons. The number of aryl methyl sites for hydroxylation is 2. The zero-order chi connectivity index (χ0) is 15.9. The fourth-order valence-corrected chi connectivity index (χ4v) is 5.61. The lowest BCUT2D eigenvalue weighted by molar-refractivity contribution is 0.164. The highest BCUT2D eigenvalue weighted by Crippen LogP contribution is 2.40. The highest BCUT2D eigenvalue weighted by Gasteiger charge is 2.27. The van der Waals surface area contributed by atoms with Gasteiger partial charge in [-0.15, -0.1) is 11.3 Å². The molecule has 24 heavy (non-hydrogen) atoms. The smallest absolute Gasteiger partial charge is 0.141 e. The Morgan fingerprint density at radius 1 is 1.17 bits per heavy atom. The summed E-state index contributed by atoms with van der Waals surface area (Å²) in [6, 6.07) is 0. The maximum atomic E-state index is 5.52. The minimum Gasteiger partial charge on any atom is -0.381 e. The summed E-state index contributed by atoms with van der Waals surface area (Å²) in [5.41, 5.74) is 1.54. The van der Waals surface area contributed by atoms with Crippen LogP contribution in [0.25, 0.3) is 10.2 Å². The Morgan fingerprint density at radius 2 is 2.08 bits per heavy atom. The summed E-state index contributed by atoms with van der Waals surface area (Å²) in [4.78, 5) is 17.1. The molecule has 2 aliphatic heterocycles. The monoisotopic (exact) mass is 344 g/mol. The molecule has 3 aliphatic rings. The van der Waals surface area contributed by atoms with Gasteiger partial charge in [0.05, 0.1) is 12.0 Å². The van der Waals surface area contributed by atoms with Crippen LogP contribution in [0.1, 0.15) is 23.3 Å². The lowest BCUT2D eigenvalue weighted by Gasteiger charge is -2.36. The van der Waals surface area contributed by atoms with Crippen LogP contribution >= 0.6 is 11.3 Å². The van der Waals surface area contributed by atoms with Gasteiger partial charge in [0.1, 0.15) is 17.0 Å². The fraction of sp³-hybridized carbons (Fsp3) is 0.667. The number of hydrogen-bond donors (Lipinski definition) is 0. The third-order valence-electron chi connectivity index (χ3n) is 5.69. The van der Waals surface area contributed by atoms with Gasteiger partial charge in [-0.05, 0) is 37.2 Å². The van der Waals surface area contributed by atoms with Gasteiger partial charge in [-0.25, -0.2) is 9.97 Å². The van der Waals surface area contributed by atoms with Crippen molar-refractivity contribution in [3.05, 3.63) is 16.8 Å². The van der Waals surface area contributed by atoms with Crippen molar-refractivity contribution in [3.8, 4) is 0 Å². The minimum absolute atomic E-state index is 0.738. The van der Waals surface area contributed by atoms with Gasteiger partial charge in [-0.1, -0.05) is 0 Å². The summed E-state index contributed by atoms with van der Waals surface area (Å²) in [7, 11) is 0. The molecule has 4 heterocycles. The van der Waals surface area contributed by atoms with E-state index in [0.717, 1.165) is 45.3 Å². The van der Waals surface area contributed by atoms with Crippen molar-refractivity contribution in [2.24, 2.45) is 5.92 Å². The van der Waals surface area contributed by atoms with E-state index in [1.807, 2.05) is 11.3 Å². The first-order valence-electron chi connectivity index (χ1n) is 9.19. The summed E-state index contributed by atoms with van der Waals surface area (Å²) < 4.78 is 5.52. The van der Waals surface area contributed by atoms with Crippen LogP contribution in [0.2, 0.25) is 0 Å². The van der Waals surface area contributed by atoms with Gasteiger partial charge < -0.3 is 9.64 Å². The highest BCUT2D eigenvalue weighted by atomic mass is 32.1. The van der Waals surface area contributed by atoms with E-state index < -0.39 is 0 Å². The Morgan fingerprint density at radius 3 is 2.92 bits per heavy atom. The molecule has 2 aromatic rings. The lowest BCUT2D eigenvalue weighted by atomic mass is 10.1. The Kier molecular flexibility index (Phi) is 3.91. The van der Waals surface area contributed by atoms with E-state index in [1.165, 1.54) is 53.8 Å². The van der Waals surface area contributed by atoms with Crippen LogP contribution < -0.4 is 4.90 Å².